The highest BCUT2D eigenvalue weighted by Crippen LogP contribution is 2.40. The van der Waals surface area contributed by atoms with Crippen molar-refractivity contribution in [3.05, 3.63) is 69.1 Å². The predicted molar refractivity (Wildman–Crippen MR) is 110 cm³/mol. The smallest absolute Gasteiger partial charge is 0.268 e. The van der Waals surface area contributed by atoms with Crippen LogP contribution < -0.4 is 4.90 Å². The monoisotopic (exact) mass is 385 g/mol. The molecule has 134 valence electrons. The number of benzene rings is 2. The van der Waals surface area contributed by atoms with Gasteiger partial charge in [-0.15, -0.1) is 11.8 Å². The van der Waals surface area contributed by atoms with Crippen LogP contribution >= 0.6 is 23.4 Å². The van der Waals surface area contributed by atoms with Gasteiger partial charge in [-0.05, 0) is 37.1 Å². The highest BCUT2D eigenvalue weighted by molar-refractivity contribution is 8.04. The van der Waals surface area contributed by atoms with Crippen molar-refractivity contribution in [2.75, 3.05) is 4.90 Å². The molecule has 1 heterocycles. The lowest BCUT2D eigenvalue weighted by atomic mass is 10.0. The number of hydrogen-bond acceptors (Lipinski definition) is 3. The van der Waals surface area contributed by atoms with E-state index < -0.39 is 0 Å². The summed E-state index contributed by atoms with van der Waals surface area (Å²) < 4.78 is 0. The van der Waals surface area contributed by atoms with Crippen molar-refractivity contribution in [3.63, 3.8) is 0 Å². The second-order valence-corrected chi connectivity index (χ2v) is 8.61. The van der Waals surface area contributed by atoms with E-state index in [1.54, 1.807) is 12.1 Å². The van der Waals surface area contributed by atoms with E-state index in [2.05, 4.69) is 0 Å². The molecule has 0 saturated carbocycles. The first-order valence-corrected chi connectivity index (χ1v) is 9.68. The fourth-order valence-electron chi connectivity index (χ4n) is 2.78. The summed E-state index contributed by atoms with van der Waals surface area (Å²) in [4.78, 5) is 28.0. The van der Waals surface area contributed by atoms with Gasteiger partial charge < -0.3 is 0 Å². The molecular formula is C21H20ClNO2S. The van der Waals surface area contributed by atoms with Gasteiger partial charge in [-0.1, -0.05) is 61.3 Å². The number of carbonyl (C=O) groups is 2. The maximum absolute atomic E-state index is 13.2. The molecule has 2 aromatic rings. The molecular weight excluding hydrogens is 366 g/mol. The number of anilines is 1. The van der Waals surface area contributed by atoms with Crippen LogP contribution in [0.4, 0.5) is 5.69 Å². The Labute approximate surface area is 163 Å². The van der Waals surface area contributed by atoms with Gasteiger partial charge in [0.25, 0.3) is 11.8 Å². The fraction of sp³-hybridized carbons (Fsp3) is 0.238. The largest absolute Gasteiger partial charge is 0.272 e. The Kier molecular flexibility index (Phi) is 5.26. The van der Waals surface area contributed by atoms with Crippen LogP contribution in [0.3, 0.4) is 0 Å². The van der Waals surface area contributed by atoms with Crippen molar-refractivity contribution >= 4 is 46.4 Å². The number of halogens is 1. The lowest BCUT2D eigenvalue weighted by Crippen LogP contribution is -2.31. The third-order valence-electron chi connectivity index (χ3n) is 4.15. The van der Waals surface area contributed by atoms with E-state index >= 15 is 0 Å². The molecule has 26 heavy (non-hydrogen) atoms. The molecule has 0 aromatic heterocycles. The first kappa shape index (κ1) is 18.7. The third kappa shape index (κ3) is 3.44. The maximum atomic E-state index is 13.2. The number of hydrogen-bond donors (Lipinski definition) is 0. The van der Waals surface area contributed by atoms with E-state index in [1.165, 1.54) is 16.7 Å². The van der Waals surface area contributed by atoms with Crippen LogP contribution in [-0.4, -0.2) is 17.1 Å². The summed E-state index contributed by atoms with van der Waals surface area (Å²) in [5, 5.41) is 0.716. The molecule has 1 aliphatic rings. The van der Waals surface area contributed by atoms with Crippen molar-refractivity contribution in [2.45, 2.75) is 32.9 Å². The van der Waals surface area contributed by atoms with Crippen LogP contribution in [0, 0.1) is 13.8 Å². The van der Waals surface area contributed by atoms with E-state index in [1.807, 2.05) is 58.0 Å². The molecule has 0 saturated heterocycles. The van der Waals surface area contributed by atoms with Crippen LogP contribution in [0.5, 0.6) is 0 Å². The van der Waals surface area contributed by atoms with Crippen LogP contribution in [0.25, 0.3) is 5.57 Å². The van der Waals surface area contributed by atoms with Gasteiger partial charge in [-0.3, -0.25) is 9.59 Å². The number of rotatable bonds is 4. The lowest BCUT2D eigenvalue weighted by molar-refractivity contribution is -0.119. The van der Waals surface area contributed by atoms with Gasteiger partial charge in [-0.2, -0.15) is 0 Å². The van der Waals surface area contributed by atoms with E-state index in [0.29, 0.717) is 21.2 Å². The molecule has 0 fully saturated rings. The lowest BCUT2D eigenvalue weighted by Gasteiger charge is -2.16. The Bertz CT molecular complexity index is 916. The molecule has 2 amide bonds. The summed E-state index contributed by atoms with van der Waals surface area (Å²) in [5.41, 5.74) is 3.73. The van der Waals surface area contributed by atoms with Gasteiger partial charge in [0, 0.05) is 10.3 Å². The topological polar surface area (TPSA) is 37.4 Å². The Morgan fingerprint density at radius 2 is 1.62 bits per heavy atom. The third-order valence-corrected chi connectivity index (χ3v) is 5.64. The van der Waals surface area contributed by atoms with Crippen molar-refractivity contribution in [3.8, 4) is 0 Å². The van der Waals surface area contributed by atoms with Crippen molar-refractivity contribution in [2.24, 2.45) is 0 Å². The van der Waals surface area contributed by atoms with Gasteiger partial charge in [0.2, 0.25) is 0 Å². The molecule has 0 atom stereocenters. The molecule has 0 bridgehead atoms. The zero-order chi connectivity index (χ0) is 19.0. The minimum Gasteiger partial charge on any atom is -0.268 e. The highest BCUT2D eigenvalue weighted by Gasteiger charge is 2.40. The Morgan fingerprint density at radius 1 is 0.962 bits per heavy atom. The van der Waals surface area contributed by atoms with Crippen LogP contribution in [0.15, 0.2) is 47.4 Å². The maximum Gasteiger partial charge on any atom is 0.272 e. The number of thioether (sulfide) groups is 1. The zero-order valence-electron chi connectivity index (χ0n) is 15.2. The predicted octanol–water partition coefficient (Wildman–Crippen LogP) is 5.38. The quantitative estimate of drug-likeness (QED) is 0.663. The second kappa shape index (κ2) is 7.29. The van der Waals surface area contributed by atoms with Gasteiger partial charge in [0.15, 0.2) is 0 Å². The number of carbonyl (C=O) groups excluding carboxylic acids is 2. The summed E-state index contributed by atoms with van der Waals surface area (Å²) in [6.07, 6.45) is 0. The van der Waals surface area contributed by atoms with E-state index in [4.69, 9.17) is 11.6 Å². The number of nitrogens with zero attached hydrogens (tertiary/aromatic N) is 1. The van der Waals surface area contributed by atoms with Crippen molar-refractivity contribution < 1.29 is 9.59 Å². The molecule has 0 radical (unpaired) electrons. The normalized spacial score (nSPS) is 14.8. The highest BCUT2D eigenvalue weighted by atomic mass is 35.5. The van der Waals surface area contributed by atoms with Crippen molar-refractivity contribution in [1.29, 1.82) is 0 Å². The average Bonchev–Trinajstić information content (AvgIpc) is 2.81. The molecule has 5 heteroatoms. The Morgan fingerprint density at radius 3 is 2.19 bits per heavy atom. The SMILES string of the molecule is Cc1ccc(C2=C(SC(C)C)C(=O)N(c3ccc(C)c(Cl)c3)C2=O)cc1. The Balaban J connectivity index is 2.10. The minimum atomic E-state index is -0.304. The summed E-state index contributed by atoms with van der Waals surface area (Å²) >= 11 is 7.63. The first-order chi connectivity index (χ1) is 12.3. The van der Waals surface area contributed by atoms with E-state index in [9.17, 15) is 9.59 Å². The van der Waals surface area contributed by atoms with Gasteiger partial charge in [-0.25, -0.2) is 4.90 Å². The molecule has 3 rings (SSSR count). The average molecular weight is 386 g/mol. The standard InChI is InChI=1S/C21H20ClNO2S/c1-12(2)26-19-18(15-8-5-13(3)6-9-15)20(24)23(21(19)25)16-10-7-14(4)17(22)11-16/h5-12H,1-4H3. The minimum absolute atomic E-state index is 0.184. The van der Waals surface area contributed by atoms with Crippen LogP contribution in [-0.2, 0) is 9.59 Å². The second-order valence-electron chi connectivity index (χ2n) is 6.62. The first-order valence-electron chi connectivity index (χ1n) is 8.42. The molecule has 2 aromatic carbocycles. The summed E-state index contributed by atoms with van der Waals surface area (Å²) in [5.74, 6) is -0.592. The zero-order valence-corrected chi connectivity index (χ0v) is 16.7. The number of imide groups is 1. The van der Waals surface area contributed by atoms with E-state index in [-0.39, 0.29) is 17.1 Å². The molecule has 3 nitrogen and oxygen atoms in total. The fourth-order valence-corrected chi connectivity index (χ4v) is 3.95. The number of amides is 2. The summed E-state index contributed by atoms with van der Waals surface area (Å²) in [7, 11) is 0. The van der Waals surface area contributed by atoms with Gasteiger partial charge in [0.05, 0.1) is 16.2 Å². The molecule has 0 unspecified atom stereocenters. The molecule has 1 aliphatic heterocycles. The van der Waals surface area contributed by atoms with Gasteiger partial charge in [0.1, 0.15) is 0 Å². The Hall–Kier alpha value is -2.04. The number of aryl methyl sites for hydroxylation is 2. The van der Waals surface area contributed by atoms with Crippen LogP contribution in [0.2, 0.25) is 5.02 Å². The summed E-state index contributed by atoms with van der Waals surface area (Å²) in [6, 6.07) is 12.9. The molecule has 0 aliphatic carbocycles. The van der Waals surface area contributed by atoms with Crippen LogP contribution in [0.1, 0.15) is 30.5 Å². The molecule has 0 spiro atoms. The molecule has 0 N–H and O–H groups in total. The van der Waals surface area contributed by atoms with Crippen molar-refractivity contribution in [1.82, 2.24) is 0 Å². The van der Waals surface area contributed by atoms with Gasteiger partial charge >= 0.3 is 0 Å². The van der Waals surface area contributed by atoms with E-state index in [0.717, 1.165) is 16.7 Å². The summed E-state index contributed by atoms with van der Waals surface area (Å²) in [6.45, 7) is 7.89.